The van der Waals surface area contributed by atoms with Crippen LogP contribution in [0.4, 0.5) is 5.82 Å². The van der Waals surface area contributed by atoms with Crippen LogP contribution in [0.5, 0.6) is 0 Å². The molecule has 0 unspecified atom stereocenters. The molecule has 0 aliphatic carbocycles. The number of nitrogens with zero attached hydrogens (tertiary/aromatic N) is 2. The third-order valence-corrected chi connectivity index (χ3v) is 2.36. The van der Waals surface area contributed by atoms with Gasteiger partial charge in [0.05, 0.1) is 0 Å². The number of nitrogens with two attached hydrogens (primary N) is 1. The summed E-state index contributed by atoms with van der Waals surface area (Å²) in [7, 11) is 1.60. The van der Waals surface area contributed by atoms with Crippen molar-refractivity contribution >= 4 is 5.82 Å². The van der Waals surface area contributed by atoms with Gasteiger partial charge in [-0.05, 0) is 13.3 Å². The fourth-order valence-electron chi connectivity index (χ4n) is 1.52. The standard InChI is InChI=1S/C10H17N3O3/c1-3-12-9(14)7-8(11)13(10(12)15)5-4-6-16-2/h7H,3-6,11H2,1-2H3. The number of hydrogen-bond donors (Lipinski definition) is 1. The van der Waals surface area contributed by atoms with Crippen molar-refractivity contribution in [1.82, 2.24) is 9.13 Å². The lowest BCUT2D eigenvalue weighted by Crippen LogP contribution is -2.40. The molecule has 1 aromatic rings. The Balaban J connectivity index is 3.09. The van der Waals surface area contributed by atoms with Crippen LogP contribution in [0.2, 0.25) is 0 Å². The maximum absolute atomic E-state index is 11.8. The summed E-state index contributed by atoms with van der Waals surface area (Å²) in [6.45, 7) is 3.11. The molecule has 90 valence electrons. The number of methoxy groups -OCH3 is 1. The Labute approximate surface area is 93.3 Å². The van der Waals surface area contributed by atoms with Crippen molar-refractivity contribution < 1.29 is 4.74 Å². The van der Waals surface area contributed by atoms with E-state index in [9.17, 15) is 9.59 Å². The molecule has 0 saturated carbocycles. The third-order valence-electron chi connectivity index (χ3n) is 2.36. The van der Waals surface area contributed by atoms with Gasteiger partial charge < -0.3 is 10.5 Å². The predicted octanol–water partition coefficient (Wildman–Crippen LogP) is -0.351. The monoisotopic (exact) mass is 227 g/mol. The van der Waals surface area contributed by atoms with Crippen LogP contribution in [-0.4, -0.2) is 22.9 Å². The second kappa shape index (κ2) is 5.50. The van der Waals surface area contributed by atoms with Crippen molar-refractivity contribution in [1.29, 1.82) is 0 Å². The number of aromatic nitrogens is 2. The zero-order valence-corrected chi connectivity index (χ0v) is 9.60. The molecule has 6 heteroatoms. The highest BCUT2D eigenvalue weighted by Crippen LogP contribution is 1.96. The van der Waals surface area contributed by atoms with Crippen LogP contribution in [-0.2, 0) is 17.8 Å². The average molecular weight is 227 g/mol. The number of nitrogen functional groups attached to an aromatic ring is 1. The van der Waals surface area contributed by atoms with E-state index in [0.717, 1.165) is 4.57 Å². The van der Waals surface area contributed by atoms with Gasteiger partial charge in [0.15, 0.2) is 0 Å². The van der Waals surface area contributed by atoms with Crippen LogP contribution in [0.15, 0.2) is 15.7 Å². The van der Waals surface area contributed by atoms with E-state index in [4.69, 9.17) is 10.5 Å². The van der Waals surface area contributed by atoms with Gasteiger partial charge in [-0.15, -0.1) is 0 Å². The largest absolute Gasteiger partial charge is 0.385 e. The molecule has 1 heterocycles. The molecule has 0 saturated heterocycles. The molecule has 0 radical (unpaired) electrons. The van der Waals surface area contributed by atoms with E-state index in [1.165, 1.54) is 10.6 Å². The number of hydrogen-bond acceptors (Lipinski definition) is 4. The minimum Gasteiger partial charge on any atom is -0.385 e. The molecule has 0 aliphatic rings. The van der Waals surface area contributed by atoms with Crippen LogP contribution in [0.3, 0.4) is 0 Å². The summed E-state index contributed by atoms with van der Waals surface area (Å²) in [6.07, 6.45) is 0.683. The maximum atomic E-state index is 11.8. The SMILES string of the molecule is CCn1c(=O)cc(N)n(CCCOC)c1=O. The van der Waals surface area contributed by atoms with Crippen molar-refractivity contribution in [2.45, 2.75) is 26.4 Å². The van der Waals surface area contributed by atoms with E-state index in [2.05, 4.69) is 0 Å². The minimum absolute atomic E-state index is 0.204. The molecule has 16 heavy (non-hydrogen) atoms. The number of rotatable bonds is 5. The lowest BCUT2D eigenvalue weighted by Gasteiger charge is -2.11. The number of ether oxygens (including phenoxy) is 1. The first-order valence-corrected chi connectivity index (χ1v) is 5.21. The molecule has 0 aliphatic heterocycles. The summed E-state index contributed by atoms with van der Waals surface area (Å²) in [4.78, 5) is 23.3. The molecule has 0 atom stereocenters. The van der Waals surface area contributed by atoms with Gasteiger partial charge in [-0.25, -0.2) is 4.79 Å². The molecule has 1 aromatic heterocycles. The highest BCUT2D eigenvalue weighted by atomic mass is 16.5. The van der Waals surface area contributed by atoms with Crippen molar-refractivity contribution in [3.05, 3.63) is 26.9 Å². The predicted molar refractivity (Wildman–Crippen MR) is 61.5 cm³/mol. The Morgan fingerprint density at radius 3 is 2.62 bits per heavy atom. The van der Waals surface area contributed by atoms with E-state index < -0.39 is 0 Å². The van der Waals surface area contributed by atoms with Crippen molar-refractivity contribution in [3.63, 3.8) is 0 Å². The zero-order chi connectivity index (χ0) is 12.1. The lowest BCUT2D eigenvalue weighted by atomic mass is 10.4. The summed E-state index contributed by atoms with van der Waals surface area (Å²) in [5.41, 5.74) is 4.93. The molecule has 2 N–H and O–H groups in total. The molecule has 0 fully saturated rings. The molecular weight excluding hydrogens is 210 g/mol. The summed E-state index contributed by atoms with van der Waals surface area (Å²) in [5, 5.41) is 0. The van der Waals surface area contributed by atoms with Crippen LogP contribution < -0.4 is 17.0 Å². The van der Waals surface area contributed by atoms with Crippen LogP contribution in [0.1, 0.15) is 13.3 Å². The van der Waals surface area contributed by atoms with Crippen molar-refractivity contribution in [2.24, 2.45) is 0 Å². The quantitative estimate of drug-likeness (QED) is 0.697. The fraction of sp³-hybridized carbons (Fsp3) is 0.600. The van der Waals surface area contributed by atoms with E-state index in [1.54, 1.807) is 14.0 Å². The normalized spacial score (nSPS) is 10.6. The summed E-state index contributed by atoms with van der Waals surface area (Å²) in [6, 6.07) is 1.28. The van der Waals surface area contributed by atoms with Gasteiger partial charge in [0.2, 0.25) is 0 Å². The van der Waals surface area contributed by atoms with E-state index in [-0.39, 0.29) is 17.1 Å². The van der Waals surface area contributed by atoms with Gasteiger partial charge in [-0.3, -0.25) is 13.9 Å². The third kappa shape index (κ3) is 2.52. The van der Waals surface area contributed by atoms with Gasteiger partial charge in [0, 0.05) is 32.9 Å². The Morgan fingerprint density at radius 2 is 2.06 bits per heavy atom. The Bertz CT molecular complexity index is 461. The Hall–Kier alpha value is -1.56. The first kappa shape index (κ1) is 12.5. The summed E-state index contributed by atoms with van der Waals surface area (Å²) < 4.78 is 7.45. The second-order valence-electron chi connectivity index (χ2n) is 3.43. The van der Waals surface area contributed by atoms with Gasteiger partial charge in [-0.1, -0.05) is 0 Å². The Morgan fingerprint density at radius 1 is 1.38 bits per heavy atom. The van der Waals surface area contributed by atoms with Crippen molar-refractivity contribution in [3.8, 4) is 0 Å². The lowest BCUT2D eigenvalue weighted by molar-refractivity contribution is 0.190. The van der Waals surface area contributed by atoms with Gasteiger partial charge in [-0.2, -0.15) is 0 Å². The zero-order valence-electron chi connectivity index (χ0n) is 9.60. The molecule has 1 rings (SSSR count). The van der Waals surface area contributed by atoms with Gasteiger partial charge in [0.1, 0.15) is 5.82 Å². The van der Waals surface area contributed by atoms with Crippen molar-refractivity contribution in [2.75, 3.05) is 19.5 Å². The highest BCUT2D eigenvalue weighted by molar-refractivity contribution is 5.26. The summed E-state index contributed by atoms with van der Waals surface area (Å²) >= 11 is 0. The first-order chi connectivity index (χ1) is 7.61. The van der Waals surface area contributed by atoms with E-state index >= 15 is 0 Å². The topological polar surface area (TPSA) is 79.2 Å². The first-order valence-electron chi connectivity index (χ1n) is 5.21. The fourth-order valence-corrected chi connectivity index (χ4v) is 1.52. The van der Waals surface area contributed by atoms with Gasteiger partial charge >= 0.3 is 5.69 Å². The summed E-state index contributed by atoms with van der Waals surface area (Å²) in [5.74, 6) is 0.204. The molecule has 0 spiro atoms. The van der Waals surface area contributed by atoms with Crippen LogP contribution >= 0.6 is 0 Å². The highest BCUT2D eigenvalue weighted by Gasteiger charge is 2.07. The minimum atomic E-state index is -0.358. The van der Waals surface area contributed by atoms with E-state index in [1.807, 2.05) is 0 Å². The van der Waals surface area contributed by atoms with Crippen LogP contribution in [0.25, 0.3) is 0 Å². The molecule has 6 nitrogen and oxygen atoms in total. The smallest absolute Gasteiger partial charge is 0.332 e. The molecular formula is C10H17N3O3. The Kier molecular flexibility index (Phi) is 4.30. The van der Waals surface area contributed by atoms with Gasteiger partial charge in [0.25, 0.3) is 5.56 Å². The molecule has 0 amide bonds. The van der Waals surface area contributed by atoms with Crippen LogP contribution in [0, 0.1) is 0 Å². The average Bonchev–Trinajstić information content (AvgIpc) is 2.23. The maximum Gasteiger partial charge on any atom is 0.332 e. The second-order valence-corrected chi connectivity index (χ2v) is 3.43. The number of anilines is 1. The molecule has 0 aromatic carbocycles. The molecule has 0 bridgehead atoms. The van der Waals surface area contributed by atoms with E-state index in [0.29, 0.717) is 26.1 Å².